The third kappa shape index (κ3) is 4.64. The Bertz CT molecular complexity index is 212. The van der Waals surface area contributed by atoms with Crippen LogP contribution in [-0.4, -0.2) is 44.8 Å². The van der Waals surface area contributed by atoms with Gasteiger partial charge in [0.05, 0.1) is 6.61 Å². The molecule has 94 valence electrons. The van der Waals surface area contributed by atoms with Crippen molar-refractivity contribution in [2.45, 2.75) is 26.2 Å². The first-order valence-electron chi connectivity index (χ1n) is 6.39. The van der Waals surface area contributed by atoms with Crippen LogP contribution in [0.4, 0.5) is 0 Å². The monoisotopic (exact) mass is 226 g/mol. The summed E-state index contributed by atoms with van der Waals surface area (Å²) < 4.78 is 5.15. The molecule has 1 atom stereocenters. The Morgan fingerprint density at radius 1 is 1.56 bits per heavy atom. The Hall–Kier alpha value is -0.380. The van der Waals surface area contributed by atoms with Gasteiger partial charge in [0.15, 0.2) is 0 Å². The zero-order valence-electron chi connectivity index (χ0n) is 10.7. The molecule has 1 rings (SSSR count). The summed E-state index contributed by atoms with van der Waals surface area (Å²) in [6.07, 6.45) is 5.92. The molecule has 16 heavy (non-hydrogen) atoms. The van der Waals surface area contributed by atoms with Crippen LogP contribution >= 0.6 is 0 Å². The van der Waals surface area contributed by atoms with E-state index < -0.39 is 0 Å². The van der Waals surface area contributed by atoms with Gasteiger partial charge in [0.1, 0.15) is 0 Å². The van der Waals surface area contributed by atoms with Crippen molar-refractivity contribution in [3.8, 4) is 0 Å². The van der Waals surface area contributed by atoms with Gasteiger partial charge in [0, 0.05) is 20.2 Å². The molecule has 0 fully saturated rings. The lowest BCUT2D eigenvalue weighted by Crippen LogP contribution is -2.32. The van der Waals surface area contributed by atoms with Crippen molar-refractivity contribution in [2.24, 2.45) is 11.7 Å². The predicted molar refractivity (Wildman–Crippen MR) is 68.5 cm³/mol. The first-order valence-corrected chi connectivity index (χ1v) is 6.39. The highest BCUT2D eigenvalue weighted by Gasteiger charge is 2.12. The third-order valence-corrected chi connectivity index (χ3v) is 3.48. The Labute approximate surface area is 99.6 Å². The van der Waals surface area contributed by atoms with Gasteiger partial charge in [-0.3, -0.25) is 4.90 Å². The van der Waals surface area contributed by atoms with E-state index in [2.05, 4.69) is 17.9 Å². The van der Waals surface area contributed by atoms with Crippen LogP contribution < -0.4 is 5.73 Å². The lowest BCUT2D eigenvalue weighted by atomic mass is 10.0. The van der Waals surface area contributed by atoms with Crippen molar-refractivity contribution < 1.29 is 4.74 Å². The van der Waals surface area contributed by atoms with Gasteiger partial charge in [-0.15, -0.1) is 0 Å². The predicted octanol–water partition coefficient (Wildman–Crippen LogP) is 1.64. The van der Waals surface area contributed by atoms with E-state index >= 15 is 0 Å². The number of hydrogen-bond acceptors (Lipinski definition) is 3. The van der Waals surface area contributed by atoms with E-state index in [1.807, 2.05) is 0 Å². The maximum absolute atomic E-state index is 5.71. The summed E-state index contributed by atoms with van der Waals surface area (Å²) in [6, 6.07) is 0. The van der Waals surface area contributed by atoms with E-state index in [-0.39, 0.29) is 0 Å². The fourth-order valence-electron chi connectivity index (χ4n) is 2.13. The number of hydrogen-bond donors (Lipinski definition) is 1. The summed E-state index contributed by atoms with van der Waals surface area (Å²) >= 11 is 0. The zero-order chi connectivity index (χ0) is 11.8. The quantitative estimate of drug-likeness (QED) is 0.671. The summed E-state index contributed by atoms with van der Waals surface area (Å²) in [6.45, 7) is 7.30. The van der Waals surface area contributed by atoms with Gasteiger partial charge in [-0.25, -0.2) is 0 Å². The summed E-state index contributed by atoms with van der Waals surface area (Å²) in [4.78, 5) is 2.51. The van der Waals surface area contributed by atoms with Crippen molar-refractivity contribution in [1.29, 1.82) is 0 Å². The van der Waals surface area contributed by atoms with E-state index in [0.717, 1.165) is 26.1 Å². The molecular formula is C13H26N2O. The van der Waals surface area contributed by atoms with Crippen LogP contribution in [0.15, 0.2) is 11.6 Å². The van der Waals surface area contributed by atoms with Crippen LogP contribution in [0.25, 0.3) is 0 Å². The normalized spacial score (nSPS) is 19.6. The third-order valence-electron chi connectivity index (χ3n) is 3.48. The Morgan fingerprint density at radius 2 is 2.38 bits per heavy atom. The van der Waals surface area contributed by atoms with E-state index in [0.29, 0.717) is 5.92 Å². The molecule has 0 aliphatic carbocycles. The van der Waals surface area contributed by atoms with Crippen molar-refractivity contribution in [2.75, 3.05) is 39.9 Å². The first kappa shape index (κ1) is 13.7. The van der Waals surface area contributed by atoms with E-state index in [9.17, 15) is 0 Å². The van der Waals surface area contributed by atoms with Gasteiger partial charge in [-0.1, -0.05) is 19.4 Å². The molecule has 0 aromatic heterocycles. The maximum atomic E-state index is 5.71. The number of methoxy groups -OCH3 is 1. The number of nitrogens with two attached hydrogens (primary N) is 1. The smallest absolute Gasteiger partial charge is 0.0673 e. The summed E-state index contributed by atoms with van der Waals surface area (Å²) in [5.74, 6) is 0.698. The van der Waals surface area contributed by atoms with Crippen LogP contribution in [0.5, 0.6) is 0 Å². The van der Waals surface area contributed by atoms with Gasteiger partial charge < -0.3 is 10.5 Å². The van der Waals surface area contributed by atoms with E-state index in [1.165, 1.54) is 31.5 Å². The molecule has 1 heterocycles. The lowest BCUT2D eigenvalue weighted by molar-refractivity contribution is 0.208. The molecule has 0 amide bonds. The molecule has 3 nitrogen and oxygen atoms in total. The Kier molecular flexibility index (Phi) is 6.69. The fraction of sp³-hybridized carbons (Fsp3) is 0.846. The van der Waals surface area contributed by atoms with E-state index in [4.69, 9.17) is 10.5 Å². The fourth-order valence-corrected chi connectivity index (χ4v) is 2.13. The molecule has 3 heteroatoms. The SMILES string of the molecule is CCC(CN)CCN1CC=C(COC)CC1. The summed E-state index contributed by atoms with van der Waals surface area (Å²) in [5.41, 5.74) is 7.16. The maximum Gasteiger partial charge on any atom is 0.0673 e. The second-order valence-corrected chi connectivity index (χ2v) is 4.64. The molecule has 0 aromatic rings. The highest BCUT2D eigenvalue weighted by Crippen LogP contribution is 2.13. The first-order chi connectivity index (χ1) is 7.80. The minimum atomic E-state index is 0.698. The number of rotatable bonds is 7. The molecule has 1 aliphatic heterocycles. The van der Waals surface area contributed by atoms with Crippen LogP contribution in [-0.2, 0) is 4.74 Å². The second-order valence-electron chi connectivity index (χ2n) is 4.64. The Morgan fingerprint density at radius 3 is 2.88 bits per heavy atom. The summed E-state index contributed by atoms with van der Waals surface area (Å²) in [7, 11) is 1.76. The van der Waals surface area contributed by atoms with Crippen molar-refractivity contribution in [1.82, 2.24) is 4.90 Å². The lowest BCUT2D eigenvalue weighted by Gasteiger charge is -2.27. The molecule has 0 radical (unpaired) electrons. The molecule has 0 saturated carbocycles. The average molecular weight is 226 g/mol. The van der Waals surface area contributed by atoms with Crippen LogP contribution in [0.2, 0.25) is 0 Å². The standard InChI is InChI=1S/C13H26N2O/c1-3-12(10-14)4-7-15-8-5-13(6-9-15)11-16-2/h5,12H,3-4,6-11,14H2,1-2H3. The zero-order valence-corrected chi connectivity index (χ0v) is 10.7. The molecule has 0 aromatic carbocycles. The number of nitrogens with zero attached hydrogens (tertiary/aromatic N) is 1. The van der Waals surface area contributed by atoms with Crippen molar-refractivity contribution in [3.05, 3.63) is 11.6 Å². The molecule has 1 unspecified atom stereocenters. The van der Waals surface area contributed by atoms with Crippen LogP contribution in [0.3, 0.4) is 0 Å². The second kappa shape index (κ2) is 7.82. The van der Waals surface area contributed by atoms with Crippen LogP contribution in [0, 0.1) is 5.92 Å². The highest BCUT2D eigenvalue weighted by atomic mass is 16.5. The highest BCUT2D eigenvalue weighted by molar-refractivity contribution is 5.07. The van der Waals surface area contributed by atoms with Gasteiger partial charge in [-0.05, 0) is 37.4 Å². The average Bonchev–Trinajstić information content (AvgIpc) is 2.33. The molecule has 0 spiro atoms. The summed E-state index contributed by atoms with van der Waals surface area (Å²) in [5, 5.41) is 0. The van der Waals surface area contributed by atoms with E-state index in [1.54, 1.807) is 7.11 Å². The molecule has 0 saturated heterocycles. The van der Waals surface area contributed by atoms with Crippen molar-refractivity contribution in [3.63, 3.8) is 0 Å². The molecule has 2 N–H and O–H groups in total. The topological polar surface area (TPSA) is 38.5 Å². The molecule has 1 aliphatic rings. The minimum Gasteiger partial charge on any atom is -0.380 e. The number of ether oxygens (including phenoxy) is 1. The van der Waals surface area contributed by atoms with Gasteiger partial charge in [0.25, 0.3) is 0 Å². The van der Waals surface area contributed by atoms with Gasteiger partial charge >= 0.3 is 0 Å². The van der Waals surface area contributed by atoms with Gasteiger partial charge in [0.2, 0.25) is 0 Å². The Balaban J connectivity index is 2.21. The largest absolute Gasteiger partial charge is 0.380 e. The molecular weight excluding hydrogens is 200 g/mol. The molecule has 0 bridgehead atoms. The van der Waals surface area contributed by atoms with Gasteiger partial charge in [-0.2, -0.15) is 0 Å². The minimum absolute atomic E-state index is 0.698. The van der Waals surface area contributed by atoms with Crippen LogP contribution in [0.1, 0.15) is 26.2 Å². The van der Waals surface area contributed by atoms with Crippen molar-refractivity contribution >= 4 is 0 Å².